The van der Waals surface area contributed by atoms with Gasteiger partial charge in [-0.15, -0.1) is 12.4 Å². The van der Waals surface area contributed by atoms with E-state index in [2.05, 4.69) is 43.8 Å². The molecule has 0 aliphatic heterocycles. The molecule has 0 fully saturated rings. The van der Waals surface area contributed by atoms with Gasteiger partial charge in [0.1, 0.15) is 17.2 Å². The molecule has 16 nitrogen and oxygen atoms in total. The Hall–Kier alpha value is -5.93. The summed E-state index contributed by atoms with van der Waals surface area (Å²) < 4.78 is 30.1. The number of ketones is 1. The van der Waals surface area contributed by atoms with E-state index in [9.17, 15) is 9.59 Å². The van der Waals surface area contributed by atoms with Crippen LogP contribution in [0.2, 0.25) is 0 Å². The number of carbonyl (C=O) groups is 2. The van der Waals surface area contributed by atoms with Gasteiger partial charge >= 0.3 is 18.3 Å². The fourth-order valence-corrected chi connectivity index (χ4v) is 3.99. The van der Waals surface area contributed by atoms with E-state index in [0.29, 0.717) is 23.9 Å². The van der Waals surface area contributed by atoms with Crippen LogP contribution in [-0.4, -0.2) is 67.5 Å². The van der Waals surface area contributed by atoms with E-state index >= 15 is 0 Å². The van der Waals surface area contributed by atoms with E-state index < -0.39 is 0 Å². The molecule has 3 aromatic carbocycles. The normalized spacial score (nSPS) is 8.60. The second kappa shape index (κ2) is 35.8. The molecule has 2 aromatic heterocycles. The highest BCUT2D eigenvalue weighted by molar-refractivity contribution is 9.08. The number of Topliss-reactive ketones (excluding diaryl/α,β-unsaturated/α-hetero) is 1. The lowest BCUT2D eigenvalue weighted by Gasteiger charge is -1.99. The number of hydrogen-bond acceptors (Lipinski definition) is 16. The van der Waals surface area contributed by atoms with Gasteiger partial charge in [0.15, 0.2) is 17.3 Å². The summed E-state index contributed by atoms with van der Waals surface area (Å²) in [6.07, 6.45) is 1.87. The van der Waals surface area contributed by atoms with Crippen molar-refractivity contribution < 1.29 is 62.0 Å². The minimum Gasteiger partial charge on any atom is -0.497 e. The summed E-state index contributed by atoms with van der Waals surface area (Å²) in [5.74, 6) is 7.47. The number of carbonyl (C=O) groups excluding carboxylic acids is 6. The molecule has 0 saturated carbocycles. The first-order valence-corrected chi connectivity index (χ1v) is 17.5. The maximum absolute atomic E-state index is 10.8. The van der Waals surface area contributed by atoms with Gasteiger partial charge in [0, 0.05) is 40.6 Å². The number of nitrogens with two attached hydrogens (primary N) is 1. The fourth-order valence-electron chi connectivity index (χ4n) is 3.72. The minimum absolute atomic E-state index is 0. The van der Waals surface area contributed by atoms with Crippen LogP contribution in [0, 0.1) is 0 Å². The molecule has 0 unspecified atom stereocenters. The lowest BCUT2D eigenvalue weighted by molar-refractivity contribution is -0.193. The van der Waals surface area contributed by atoms with Crippen LogP contribution in [0.3, 0.4) is 0 Å². The van der Waals surface area contributed by atoms with Crippen LogP contribution in [0.4, 0.5) is 0 Å². The molecular formula is C39H47BrClN3O13. The van der Waals surface area contributed by atoms with Crippen LogP contribution in [0.1, 0.15) is 55.9 Å². The molecule has 0 aliphatic rings. The fraction of sp³-hybridized carbons (Fsp3) is 0.282. The van der Waals surface area contributed by atoms with E-state index in [1.807, 2.05) is 60.7 Å². The van der Waals surface area contributed by atoms with E-state index in [1.54, 1.807) is 66.4 Å². The van der Waals surface area contributed by atoms with Crippen molar-refractivity contribution in [3.05, 3.63) is 102 Å². The van der Waals surface area contributed by atoms with Gasteiger partial charge in [-0.25, -0.2) is 5.90 Å². The molecule has 5 aromatic rings. The zero-order valence-electron chi connectivity index (χ0n) is 32.5. The quantitative estimate of drug-likeness (QED) is 0.0594. The van der Waals surface area contributed by atoms with Gasteiger partial charge in [-0.1, -0.05) is 40.1 Å². The average molecular weight is 881 g/mol. The molecule has 0 bridgehead atoms. The maximum Gasteiger partial charge on any atom is 0.373 e. The lowest BCUT2D eigenvalue weighted by atomic mass is 10.1. The Morgan fingerprint density at radius 3 is 1.28 bits per heavy atom. The smallest absolute Gasteiger partial charge is 0.373 e. The summed E-state index contributed by atoms with van der Waals surface area (Å²) in [6.45, 7) is 7.66. The monoisotopic (exact) mass is 879 g/mol. The van der Waals surface area contributed by atoms with Crippen LogP contribution in [-0.2, 0) is 40.5 Å². The van der Waals surface area contributed by atoms with Gasteiger partial charge in [0.05, 0.1) is 39.3 Å². The first kappa shape index (κ1) is 55.4. The molecule has 0 amide bonds. The number of hydrogen-bond donors (Lipinski definition) is 2. The van der Waals surface area contributed by atoms with Crippen molar-refractivity contribution in [2.45, 2.75) is 45.9 Å². The summed E-state index contributed by atoms with van der Waals surface area (Å²) in [5.41, 5.74) is 4.59. The molecule has 0 aliphatic carbocycles. The van der Waals surface area contributed by atoms with E-state index in [4.69, 9.17) is 47.6 Å². The molecule has 0 atom stereocenters. The topological polar surface area (TPSA) is 238 Å². The molecule has 5 rings (SSSR count). The highest BCUT2D eigenvalue weighted by Gasteiger charge is 2.06. The van der Waals surface area contributed by atoms with Gasteiger partial charge in [0.2, 0.25) is 0 Å². The van der Waals surface area contributed by atoms with Crippen molar-refractivity contribution >= 4 is 52.4 Å². The number of aryl methyl sites for hydroxylation is 1. The second-order valence-corrected chi connectivity index (χ2v) is 10.5. The van der Waals surface area contributed by atoms with E-state index in [1.165, 1.54) is 0 Å². The highest BCUT2D eigenvalue weighted by Crippen LogP contribution is 2.24. The highest BCUT2D eigenvalue weighted by atomic mass is 79.9. The lowest BCUT2D eigenvalue weighted by Crippen LogP contribution is -2.00. The van der Waals surface area contributed by atoms with Crippen LogP contribution in [0.15, 0.2) is 94.0 Å². The largest absolute Gasteiger partial charge is 0.497 e. The molecule has 3 N–H and O–H groups in total. The first-order valence-electron chi connectivity index (χ1n) is 16.4. The molecule has 2 heterocycles. The van der Waals surface area contributed by atoms with Gasteiger partial charge in [0.25, 0.3) is 0 Å². The maximum atomic E-state index is 10.8. The Labute approximate surface area is 345 Å². The molecule has 0 radical (unpaired) electrons. The zero-order chi connectivity index (χ0) is 42.7. The van der Waals surface area contributed by atoms with Crippen molar-refractivity contribution in [1.82, 2.24) is 10.3 Å². The van der Waals surface area contributed by atoms with E-state index in [0.717, 1.165) is 57.7 Å². The Balaban J connectivity index is -0.000000655. The number of alkyl halides is 1. The molecular weight excluding hydrogens is 834 g/mol. The summed E-state index contributed by atoms with van der Waals surface area (Å²) in [5, 5.41) is 15.0. The average Bonchev–Trinajstić information content (AvgIpc) is 3.94. The van der Waals surface area contributed by atoms with Crippen molar-refractivity contribution in [3.63, 3.8) is 0 Å². The number of rotatable bonds is 10. The van der Waals surface area contributed by atoms with Crippen LogP contribution >= 0.6 is 28.3 Å². The Kier molecular flexibility index (Phi) is 34.8. The van der Waals surface area contributed by atoms with Crippen LogP contribution in [0.5, 0.6) is 17.2 Å². The zero-order valence-corrected chi connectivity index (χ0v) is 34.9. The van der Waals surface area contributed by atoms with Crippen molar-refractivity contribution in [1.29, 1.82) is 0 Å². The third kappa shape index (κ3) is 24.3. The Bertz CT molecular complexity index is 1740. The standard InChI is InChI=1S/C12H13NO2.C11H10BrNO2.C9H10O2.C5H10O2.2CO2.ClH.H3NO/c1-3-10-8-12(15-13-10)9-4-6-11(14-2)7-5-9;1-14-10-4-2-8(3-5-10)11-6-9(7-12)13-15-11;1-7(10)8-3-5-9(11-2)6-4-8;1-3-5(6)7-4-2;2*2-1-3;;1-2/h4-8H,3H2,1-2H3;2-6H,7H2,1H3;3-6H,1-2H3;3-4H2,1-2H3;;;1H;2H,1H2. The minimum atomic E-state index is -0.123. The predicted molar refractivity (Wildman–Crippen MR) is 212 cm³/mol. The second-order valence-electron chi connectivity index (χ2n) is 9.92. The molecule has 57 heavy (non-hydrogen) atoms. The molecule has 310 valence electrons. The van der Waals surface area contributed by atoms with Crippen LogP contribution in [0.25, 0.3) is 22.6 Å². The Morgan fingerprint density at radius 1 is 0.684 bits per heavy atom. The van der Waals surface area contributed by atoms with Gasteiger partial charge in [-0.05, 0) is 93.1 Å². The molecule has 0 spiro atoms. The summed E-state index contributed by atoms with van der Waals surface area (Å²) >= 11 is 3.32. The summed E-state index contributed by atoms with van der Waals surface area (Å²) in [6, 6.07) is 26.3. The predicted octanol–water partition coefficient (Wildman–Crippen LogP) is 7.60. The number of nitrogens with zero attached hydrogens (tertiary/aromatic N) is 2. The number of methoxy groups -OCH3 is 3. The number of halogens is 2. The van der Waals surface area contributed by atoms with Crippen LogP contribution < -0.4 is 20.1 Å². The third-order valence-corrected chi connectivity index (χ3v) is 7.03. The number of ether oxygens (including phenoxy) is 4. The molecule has 18 heteroatoms. The number of esters is 1. The number of benzene rings is 3. The Morgan fingerprint density at radius 2 is 1.04 bits per heavy atom. The first-order chi connectivity index (χ1) is 27.0. The van der Waals surface area contributed by atoms with Crippen molar-refractivity contribution in [2.24, 2.45) is 5.90 Å². The SMILES string of the molecule is CCOC(=O)CC.CCc1cc(-c2ccc(OC)cc2)on1.COc1ccc(-c2cc(CBr)no2)cc1.COc1ccc(C(C)=O)cc1.Cl.NO.O=C=O.O=C=O. The van der Waals surface area contributed by atoms with E-state index in [-0.39, 0.29) is 36.5 Å². The third-order valence-electron chi connectivity index (χ3n) is 6.46. The van der Waals surface area contributed by atoms with Crippen molar-refractivity contribution in [2.75, 3.05) is 27.9 Å². The molecule has 0 saturated heterocycles. The number of aromatic nitrogens is 2. The summed E-state index contributed by atoms with van der Waals surface area (Å²) in [4.78, 5) is 53.5. The van der Waals surface area contributed by atoms with Gasteiger partial charge < -0.3 is 33.2 Å². The van der Waals surface area contributed by atoms with Crippen molar-refractivity contribution in [3.8, 4) is 39.9 Å². The summed E-state index contributed by atoms with van der Waals surface area (Å²) in [7, 11) is 4.90. The van der Waals surface area contributed by atoms with Gasteiger partial charge in [-0.3, -0.25) is 9.59 Å². The van der Waals surface area contributed by atoms with Gasteiger partial charge in [-0.2, -0.15) is 19.2 Å².